The lowest BCUT2D eigenvalue weighted by Gasteiger charge is -2.21. The van der Waals surface area contributed by atoms with E-state index in [2.05, 4.69) is 26.2 Å². The Morgan fingerprint density at radius 1 is 1.56 bits per heavy atom. The van der Waals surface area contributed by atoms with Gasteiger partial charge in [0.2, 0.25) is 0 Å². The van der Waals surface area contributed by atoms with E-state index >= 15 is 0 Å². The summed E-state index contributed by atoms with van der Waals surface area (Å²) in [5.41, 5.74) is 0.829. The largest absolute Gasteiger partial charge is 0.395 e. The molecule has 4 nitrogen and oxygen atoms in total. The van der Waals surface area contributed by atoms with Crippen molar-refractivity contribution < 1.29 is 10.2 Å². The lowest BCUT2D eigenvalue weighted by atomic mass is 10.0. The molecule has 0 aliphatic rings. The summed E-state index contributed by atoms with van der Waals surface area (Å²) in [6, 6.07) is 3.20. The Hall–Kier alpha value is -0.200. The first-order valence-corrected chi connectivity index (χ1v) is 6.07. The van der Waals surface area contributed by atoms with Crippen molar-refractivity contribution in [2.45, 2.75) is 19.1 Å². The van der Waals surface area contributed by atoms with Crippen molar-refractivity contribution in [1.29, 1.82) is 0 Å². The van der Waals surface area contributed by atoms with Gasteiger partial charge in [0, 0.05) is 6.54 Å². The van der Waals surface area contributed by atoms with Crippen molar-refractivity contribution in [2.75, 3.05) is 13.2 Å². The zero-order valence-electron chi connectivity index (χ0n) is 8.82. The third kappa shape index (κ3) is 3.99. The first-order valence-electron chi connectivity index (χ1n) is 4.90. The number of halogens is 2. The molecule has 0 aliphatic heterocycles. The number of nitrogens with one attached hydrogen (secondary N) is 1. The molecule has 0 amide bonds. The highest BCUT2D eigenvalue weighted by Gasteiger charge is 2.17. The van der Waals surface area contributed by atoms with E-state index in [4.69, 9.17) is 16.7 Å². The average molecular weight is 310 g/mol. The molecule has 1 heterocycles. The van der Waals surface area contributed by atoms with Crippen LogP contribution in [0.15, 0.2) is 16.7 Å². The van der Waals surface area contributed by atoms with Gasteiger partial charge >= 0.3 is 0 Å². The van der Waals surface area contributed by atoms with Crippen LogP contribution in [-0.2, 0) is 0 Å². The lowest BCUT2D eigenvalue weighted by Crippen LogP contribution is -2.32. The summed E-state index contributed by atoms with van der Waals surface area (Å²) < 4.78 is 0.617. The van der Waals surface area contributed by atoms with Gasteiger partial charge in [-0.05, 0) is 40.5 Å². The van der Waals surface area contributed by atoms with E-state index in [9.17, 15) is 5.11 Å². The van der Waals surface area contributed by atoms with Gasteiger partial charge in [-0.3, -0.25) is 0 Å². The molecular weight excluding hydrogens is 295 g/mol. The summed E-state index contributed by atoms with van der Waals surface area (Å²) >= 11 is 9.08. The first-order chi connectivity index (χ1) is 7.54. The van der Waals surface area contributed by atoms with Crippen LogP contribution in [0.4, 0.5) is 0 Å². The summed E-state index contributed by atoms with van der Waals surface area (Å²) in [5.74, 6) is 0. The van der Waals surface area contributed by atoms with Crippen molar-refractivity contribution in [3.05, 3.63) is 27.5 Å². The monoisotopic (exact) mass is 308 g/mol. The molecule has 0 aliphatic carbocycles. The number of aromatic nitrogens is 1. The summed E-state index contributed by atoms with van der Waals surface area (Å²) in [6.07, 6.45) is -0.586. The van der Waals surface area contributed by atoms with Crippen LogP contribution >= 0.6 is 27.5 Å². The van der Waals surface area contributed by atoms with Crippen LogP contribution in [0.25, 0.3) is 0 Å². The van der Waals surface area contributed by atoms with Gasteiger partial charge in [-0.15, -0.1) is 0 Å². The summed E-state index contributed by atoms with van der Waals surface area (Å²) in [4.78, 5) is 3.98. The quantitative estimate of drug-likeness (QED) is 0.721. The van der Waals surface area contributed by atoms with Gasteiger partial charge in [-0.1, -0.05) is 11.6 Å². The molecule has 0 saturated carbocycles. The zero-order valence-corrected chi connectivity index (χ0v) is 11.2. The fraction of sp³-hybridized carbons (Fsp3) is 0.500. The second-order valence-corrected chi connectivity index (χ2v) is 4.64. The van der Waals surface area contributed by atoms with E-state index in [1.807, 2.05) is 0 Å². The molecule has 0 radical (unpaired) electrons. The Bertz CT molecular complexity index is 329. The van der Waals surface area contributed by atoms with Gasteiger partial charge in [0.25, 0.3) is 0 Å². The summed E-state index contributed by atoms with van der Waals surface area (Å²) in [5, 5.41) is 21.8. The van der Waals surface area contributed by atoms with Crippen molar-refractivity contribution in [1.82, 2.24) is 10.3 Å². The number of hydrogen-bond acceptors (Lipinski definition) is 4. The SMILES string of the molecule is CC(O)C(NCCO)c1cc(Cl)nc(Br)c1. The molecule has 2 unspecified atom stereocenters. The third-order valence-electron chi connectivity index (χ3n) is 2.10. The van der Waals surface area contributed by atoms with Crippen molar-refractivity contribution >= 4 is 27.5 Å². The predicted molar refractivity (Wildman–Crippen MR) is 66.5 cm³/mol. The second kappa shape index (κ2) is 6.51. The Morgan fingerprint density at radius 2 is 2.25 bits per heavy atom. The zero-order chi connectivity index (χ0) is 12.1. The van der Waals surface area contributed by atoms with Crippen molar-refractivity contribution in [3.63, 3.8) is 0 Å². The highest BCUT2D eigenvalue weighted by atomic mass is 79.9. The maximum Gasteiger partial charge on any atom is 0.130 e. The third-order valence-corrected chi connectivity index (χ3v) is 2.70. The van der Waals surface area contributed by atoms with Crippen LogP contribution in [0.1, 0.15) is 18.5 Å². The number of rotatable bonds is 5. The van der Waals surface area contributed by atoms with Gasteiger partial charge < -0.3 is 15.5 Å². The smallest absolute Gasteiger partial charge is 0.130 e. The molecule has 6 heteroatoms. The van der Waals surface area contributed by atoms with E-state index in [0.29, 0.717) is 16.3 Å². The van der Waals surface area contributed by atoms with Crippen molar-refractivity contribution in [3.8, 4) is 0 Å². The van der Waals surface area contributed by atoms with E-state index in [-0.39, 0.29) is 12.6 Å². The topological polar surface area (TPSA) is 65.4 Å². The molecule has 0 spiro atoms. The maximum absolute atomic E-state index is 9.65. The van der Waals surface area contributed by atoms with E-state index in [0.717, 1.165) is 5.56 Å². The number of aliphatic hydroxyl groups is 2. The Balaban J connectivity index is 2.91. The van der Waals surface area contributed by atoms with Crippen LogP contribution < -0.4 is 5.32 Å². The number of nitrogens with zero attached hydrogens (tertiary/aromatic N) is 1. The van der Waals surface area contributed by atoms with Crippen LogP contribution in [-0.4, -0.2) is 34.5 Å². The minimum Gasteiger partial charge on any atom is -0.395 e. The molecule has 16 heavy (non-hydrogen) atoms. The Kier molecular flexibility index (Phi) is 5.64. The number of aliphatic hydroxyl groups excluding tert-OH is 2. The summed E-state index contributed by atoms with van der Waals surface area (Å²) in [6.45, 7) is 2.10. The molecule has 3 N–H and O–H groups in total. The fourth-order valence-corrected chi connectivity index (χ4v) is 2.22. The Labute approximate surface area is 108 Å². The molecule has 2 atom stereocenters. The lowest BCUT2D eigenvalue weighted by molar-refractivity contribution is 0.141. The summed E-state index contributed by atoms with van der Waals surface area (Å²) in [7, 11) is 0. The highest BCUT2D eigenvalue weighted by molar-refractivity contribution is 9.10. The van der Waals surface area contributed by atoms with Gasteiger partial charge in [-0.2, -0.15) is 0 Å². The van der Waals surface area contributed by atoms with Gasteiger partial charge in [0.15, 0.2) is 0 Å². The molecule has 0 bridgehead atoms. The van der Waals surface area contributed by atoms with Crippen LogP contribution in [0.5, 0.6) is 0 Å². The van der Waals surface area contributed by atoms with E-state index in [1.165, 1.54) is 0 Å². The minimum absolute atomic E-state index is 0.0171. The molecule has 0 fully saturated rings. The predicted octanol–water partition coefficient (Wildman–Crippen LogP) is 1.50. The molecule has 1 aromatic heterocycles. The van der Waals surface area contributed by atoms with Crippen LogP contribution in [0, 0.1) is 0 Å². The number of hydrogen-bond donors (Lipinski definition) is 3. The normalized spacial score (nSPS) is 14.8. The highest BCUT2D eigenvalue weighted by Crippen LogP contribution is 2.23. The fourth-order valence-electron chi connectivity index (χ4n) is 1.45. The maximum atomic E-state index is 9.65. The molecule has 0 aromatic carbocycles. The van der Waals surface area contributed by atoms with E-state index < -0.39 is 6.10 Å². The van der Waals surface area contributed by atoms with Gasteiger partial charge in [0.1, 0.15) is 9.76 Å². The van der Waals surface area contributed by atoms with Crippen LogP contribution in [0.2, 0.25) is 5.15 Å². The molecule has 0 saturated heterocycles. The Morgan fingerprint density at radius 3 is 2.75 bits per heavy atom. The number of pyridine rings is 1. The minimum atomic E-state index is -0.586. The second-order valence-electron chi connectivity index (χ2n) is 3.44. The molecule has 1 aromatic rings. The molecule has 1 rings (SSSR count). The van der Waals surface area contributed by atoms with Gasteiger partial charge in [0.05, 0.1) is 18.8 Å². The van der Waals surface area contributed by atoms with Gasteiger partial charge in [-0.25, -0.2) is 4.98 Å². The van der Waals surface area contributed by atoms with Crippen molar-refractivity contribution in [2.24, 2.45) is 0 Å². The molecule has 90 valence electrons. The first kappa shape index (κ1) is 13.9. The standard InChI is InChI=1S/C10H14BrClN2O2/c1-6(16)10(13-2-3-15)7-4-8(11)14-9(12)5-7/h4-6,10,13,15-16H,2-3H2,1H3. The molecular formula is C10H14BrClN2O2. The average Bonchev–Trinajstić information content (AvgIpc) is 2.16. The van der Waals surface area contributed by atoms with E-state index in [1.54, 1.807) is 19.1 Å². The van der Waals surface area contributed by atoms with Crippen LogP contribution in [0.3, 0.4) is 0 Å².